The second kappa shape index (κ2) is 8.02. The van der Waals surface area contributed by atoms with E-state index in [0.29, 0.717) is 6.42 Å². The van der Waals surface area contributed by atoms with Crippen molar-refractivity contribution in [3.05, 3.63) is 36.0 Å². The van der Waals surface area contributed by atoms with Crippen molar-refractivity contribution in [2.75, 3.05) is 0 Å². The summed E-state index contributed by atoms with van der Waals surface area (Å²) in [6.45, 7) is 6.58. The van der Waals surface area contributed by atoms with E-state index in [9.17, 15) is 4.79 Å². The fourth-order valence-corrected chi connectivity index (χ4v) is 2.84. The fraction of sp³-hybridized carbons (Fsp3) is 0.526. The zero-order valence-corrected chi connectivity index (χ0v) is 14.0. The lowest BCUT2D eigenvalue weighted by molar-refractivity contribution is -0.121. The topological polar surface area (TPSA) is 44.9 Å². The van der Waals surface area contributed by atoms with E-state index in [2.05, 4.69) is 43.2 Å². The van der Waals surface area contributed by atoms with Gasteiger partial charge >= 0.3 is 0 Å². The van der Waals surface area contributed by atoms with Crippen LogP contribution >= 0.6 is 0 Å². The van der Waals surface area contributed by atoms with Crippen LogP contribution < -0.4 is 5.32 Å². The molecule has 120 valence electrons. The van der Waals surface area contributed by atoms with Crippen LogP contribution in [-0.4, -0.2) is 16.9 Å². The first-order chi connectivity index (χ1) is 10.6. The molecular weight excluding hydrogens is 272 g/mol. The van der Waals surface area contributed by atoms with Gasteiger partial charge in [0.1, 0.15) is 0 Å². The average Bonchev–Trinajstić information content (AvgIpc) is 2.88. The molecule has 1 amide bonds. The number of hydrogen-bond acceptors (Lipinski definition) is 1. The van der Waals surface area contributed by atoms with Gasteiger partial charge in [-0.25, -0.2) is 0 Å². The van der Waals surface area contributed by atoms with E-state index in [1.54, 1.807) is 0 Å². The molecule has 1 aromatic carbocycles. The zero-order valence-electron chi connectivity index (χ0n) is 14.0. The van der Waals surface area contributed by atoms with E-state index in [1.165, 1.54) is 23.8 Å². The van der Waals surface area contributed by atoms with E-state index in [-0.39, 0.29) is 11.9 Å². The highest BCUT2D eigenvalue weighted by molar-refractivity contribution is 5.84. The van der Waals surface area contributed by atoms with Gasteiger partial charge in [0.15, 0.2) is 0 Å². The second-order valence-corrected chi connectivity index (χ2v) is 6.65. The third-order valence-corrected chi connectivity index (χ3v) is 4.12. The van der Waals surface area contributed by atoms with Crippen molar-refractivity contribution in [3.63, 3.8) is 0 Å². The van der Waals surface area contributed by atoms with Gasteiger partial charge in [0, 0.05) is 29.6 Å². The van der Waals surface area contributed by atoms with Crippen LogP contribution in [0.5, 0.6) is 0 Å². The van der Waals surface area contributed by atoms with E-state index in [1.807, 2.05) is 18.3 Å². The Kier molecular flexibility index (Phi) is 6.05. The number of rotatable bonds is 8. The largest absolute Gasteiger partial charge is 0.361 e. The number of aromatic nitrogens is 1. The monoisotopic (exact) mass is 300 g/mol. The molecule has 0 bridgehead atoms. The summed E-state index contributed by atoms with van der Waals surface area (Å²) in [4.78, 5) is 15.3. The number of nitrogens with one attached hydrogen (secondary N) is 2. The summed E-state index contributed by atoms with van der Waals surface area (Å²) in [6.07, 6.45) is 6.84. The van der Waals surface area contributed by atoms with Gasteiger partial charge in [0.05, 0.1) is 0 Å². The Morgan fingerprint density at radius 1 is 1.18 bits per heavy atom. The summed E-state index contributed by atoms with van der Waals surface area (Å²) in [7, 11) is 0. The van der Waals surface area contributed by atoms with Gasteiger partial charge in [0.2, 0.25) is 5.91 Å². The van der Waals surface area contributed by atoms with Gasteiger partial charge in [-0.3, -0.25) is 4.79 Å². The van der Waals surface area contributed by atoms with Crippen molar-refractivity contribution in [2.24, 2.45) is 5.92 Å². The van der Waals surface area contributed by atoms with Crippen molar-refractivity contribution in [1.82, 2.24) is 10.3 Å². The minimum absolute atomic E-state index is 0.155. The zero-order chi connectivity index (χ0) is 15.9. The Bertz CT molecular complexity index is 600. The summed E-state index contributed by atoms with van der Waals surface area (Å²) >= 11 is 0. The summed E-state index contributed by atoms with van der Waals surface area (Å²) in [5.74, 6) is 0.895. The molecule has 0 aliphatic carbocycles. The van der Waals surface area contributed by atoms with Gasteiger partial charge < -0.3 is 10.3 Å². The van der Waals surface area contributed by atoms with Crippen LogP contribution in [0, 0.1) is 5.92 Å². The molecule has 2 rings (SSSR count). The molecule has 22 heavy (non-hydrogen) atoms. The Labute approximate surface area is 133 Å². The van der Waals surface area contributed by atoms with Gasteiger partial charge in [-0.15, -0.1) is 0 Å². The molecule has 1 atom stereocenters. The molecule has 0 aliphatic rings. The summed E-state index contributed by atoms with van der Waals surface area (Å²) < 4.78 is 0. The first-order valence-corrected chi connectivity index (χ1v) is 8.40. The van der Waals surface area contributed by atoms with Gasteiger partial charge in [-0.05, 0) is 37.3 Å². The second-order valence-electron chi connectivity index (χ2n) is 6.65. The van der Waals surface area contributed by atoms with Crippen LogP contribution in [0.3, 0.4) is 0 Å². The maximum atomic E-state index is 12.1. The lowest BCUT2D eigenvalue weighted by Gasteiger charge is -2.14. The van der Waals surface area contributed by atoms with Crippen LogP contribution in [0.25, 0.3) is 10.9 Å². The Hall–Kier alpha value is -1.77. The average molecular weight is 300 g/mol. The number of H-pyrrole nitrogens is 1. The van der Waals surface area contributed by atoms with Crippen LogP contribution in [0.2, 0.25) is 0 Å². The predicted molar refractivity (Wildman–Crippen MR) is 92.9 cm³/mol. The SMILES string of the molecule is CC(C)CCCC(C)NC(=O)CCc1c[nH]c2ccccc12. The molecule has 0 spiro atoms. The van der Waals surface area contributed by atoms with E-state index >= 15 is 0 Å². The molecule has 2 aromatic rings. The number of benzene rings is 1. The molecule has 1 heterocycles. The Balaban J connectivity index is 1.75. The van der Waals surface area contributed by atoms with Crippen molar-refractivity contribution in [2.45, 2.75) is 58.9 Å². The van der Waals surface area contributed by atoms with Gasteiger partial charge in [-0.1, -0.05) is 44.9 Å². The molecule has 2 N–H and O–H groups in total. The predicted octanol–water partition coefficient (Wildman–Crippen LogP) is 4.43. The van der Waals surface area contributed by atoms with E-state index < -0.39 is 0 Å². The molecule has 0 saturated heterocycles. The Morgan fingerprint density at radius 3 is 2.73 bits per heavy atom. The molecular formula is C19H28N2O. The third kappa shape index (κ3) is 4.90. The third-order valence-electron chi connectivity index (χ3n) is 4.12. The number of carbonyl (C=O) groups is 1. The maximum Gasteiger partial charge on any atom is 0.220 e. The molecule has 1 aromatic heterocycles. The number of para-hydroxylation sites is 1. The van der Waals surface area contributed by atoms with Crippen molar-refractivity contribution < 1.29 is 4.79 Å². The number of amides is 1. The molecule has 3 nitrogen and oxygen atoms in total. The number of fused-ring (bicyclic) bond motifs is 1. The van der Waals surface area contributed by atoms with Crippen molar-refractivity contribution >= 4 is 16.8 Å². The lowest BCUT2D eigenvalue weighted by Crippen LogP contribution is -2.32. The number of aryl methyl sites for hydroxylation is 1. The number of hydrogen-bond donors (Lipinski definition) is 2. The normalized spacial score (nSPS) is 12.7. The number of aromatic amines is 1. The quantitative estimate of drug-likeness (QED) is 0.744. The molecule has 0 radical (unpaired) electrons. The number of carbonyl (C=O) groups excluding carboxylic acids is 1. The van der Waals surface area contributed by atoms with Crippen LogP contribution in [0.1, 0.15) is 52.0 Å². The van der Waals surface area contributed by atoms with Gasteiger partial charge in [0.25, 0.3) is 0 Å². The minimum Gasteiger partial charge on any atom is -0.361 e. The Morgan fingerprint density at radius 2 is 1.95 bits per heavy atom. The van der Waals surface area contributed by atoms with Crippen LogP contribution in [0.4, 0.5) is 0 Å². The van der Waals surface area contributed by atoms with E-state index in [4.69, 9.17) is 0 Å². The fourth-order valence-electron chi connectivity index (χ4n) is 2.84. The standard InChI is InChI=1S/C19H28N2O/c1-14(2)7-6-8-15(3)21-19(22)12-11-16-13-20-18-10-5-4-9-17(16)18/h4-5,9-10,13-15,20H,6-8,11-12H2,1-3H3,(H,21,22). The molecule has 0 aliphatic heterocycles. The minimum atomic E-state index is 0.155. The summed E-state index contributed by atoms with van der Waals surface area (Å²) in [5, 5.41) is 4.34. The highest BCUT2D eigenvalue weighted by Gasteiger charge is 2.09. The molecule has 0 saturated carbocycles. The van der Waals surface area contributed by atoms with Gasteiger partial charge in [-0.2, -0.15) is 0 Å². The highest BCUT2D eigenvalue weighted by atomic mass is 16.1. The van der Waals surface area contributed by atoms with E-state index in [0.717, 1.165) is 24.3 Å². The first kappa shape index (κ1) is 16.6. The molecule has 0 fully saturated rings. The molecule has 1 unspecified atom stereocenters. The smallest absolute Gasteiger partial charge is 0.220 e. The first-order valence-electron chi connectivity index (χ1n) is 8.40. The maximum absolute atomic E-state index is 12.1. The van der Waals surface area contributed by atoms with Crippen molar-refractivity contribution in [1.29, 1.82) is 0 Å². The summed E-state index contributed by atoms with van der Waals surface area (Å²) in [6, 6.07) is 8.50. The van der Waals surface area contributed by atoms with Crippen LogP contribution in [-0.2, 0) is 11.2 Å². The molecule has 3 heteroatoms. The highest BCUT2D eigenvalue weighted by Crippen LogP contribution is 2.19. The summed E-state index contributed by atoms with van der Waals surface area (Å²) in [5.41, 5.74) is 2.36. The van der Waals surface area contributed by atoms with Crippen LogP contribution in [0.15, 0.2) is 30.5 Å². The van der Waals surface area contributed by atoms with Crippen molar-refractivity contribution in [3.8, 4) is 0 Å². The lowest BCUT2D eigenvalue weighted by atomic mass is 10.0.